The third-order valence-electron chi connectivity index (χ3n) is 2.07. The molecule has 0 radical (unpaired) electrons. The Labute approximate surface area is 112 Å². The minimum atomic E-state index is 0.306. The van der Waals surface area contributed by atoms with Crippen LogP contribution in [0.25, 0.3) is 5.57 Å². The van der Waals surface area contributed by atoms with Gasteiger partial charge in [0, 0.05) is 5.56 Å². The van der Waals surface area contributed by atoms with Crippen LogP contribution in [0.15, 0.2) is 49.6 Å². The number of benzene rings is 1. The molecule has 0 fully saturated rings. The third kappa shape index (κ3) is 5.53. The van der Waals surface area contributed by atoms with Crippen LogP contribution < -0.4 is 0 Å². The van der Waals surface area contributed by atoms with E-state index in [9.17, 15) is 5.11 Å². The average Bonchev–Trinajstić information content (AvgIpc) is 2.44. The second-order valence-electron chi connectivity index (χ2n) is 3.03. The maximum Gasteiger partial charge on any atom is 0.126 e. The highest BCUT2D eigenvalue weighted by atomic mass is 16.3. The summed E-state index contributed by atoms with van der Waals surface area (Å²) < 4.78 is 0. The summed E-state index contributed by atoms with van der Waals surface area (Å²) in [5.74, 6) is 0.306. The largest absolute Gasteiger partial charge is 0.507 e. The fraction of sp³-hybridized carbons (Fsp3) is 0.294. The molecule has 0 bridgehead atoms. The summed E-state index contributed by atoms with van der Waals surface area (Å²) in [6.45, 7) is 17.2. The van der Waals surface area contributed by atoms with E-state index in [0.29, 0.717) is 5.75 Å². The molecule has 0 heterocycles. The van der Waals surface area contributed by atoms with Gasteiger partial charge in [-0.15, -0.1) is 0 Å². The summed E-state index contributed by atoms with van der Waals surface area (Å²) in [6.07, 6.45) is 5.20. The summed E-state index contributed by atoms with van der Waals surface area (Å²) in [6, 6.07) is 5.64. The molecule has 1 heteroatoms. The van der Waals surface area contributed by atoms with Crippen molar-refractivity contribution in [3.05, 3.63) is 60.7 Å². The Morgan fingerprint density at radius 2 is 1.67 bits per heavy atom. The van der Waals surface area contributed by atoms with Crippen molar-refractivity contribution in [2.45, 2.75) is 34.6 Å². The SMILES string of the molecule is C=C/C=C(\C=C)c1cccc(C)c1O.CC.CC. The molecule has 0 aromatic heterocycles. The lowest BCUT2D eigenvalue weighted by Gasteiger charge is -2.06. The number of para-hydroxylation sites is 1. The van der Waals surface area contributed by atoms with E-state index < -0.39 is 0 Å². The van der Waals surface area contributed by atoms with E-state index >= 15 is 0 Å². The molecule has 0 atom stereocenters. The molecule has 0 aliphatic rings. The first-order valence-corrected chi connectivity index (χ1v) is 6.44. The van der Waals surface area contributed by atoms with Crippen molar-refractivity contribution in [3.63, 3.8) is 0 Å². The van der Waals surface area contributed by atoms with Crippen LogP contribution in [-0.2, 0) is 0 Å². The smallest absolute Gasteiger partial charge is 0.126 e. The molecule has 1 nitrogen and oxygen atoms in total. The van der Waals surface area contributed by atoms with Gasteiger partial charge in [-0.1, -0.05) is 77.3 Å². The first kappa shape index (κ1) is 18.6. The third-order valence-corrected chi connectivity index (χ3v) is 2.07. The molecule has 0 amide bonds. The van der Waals surface area contributed by atoms with Crippen LogP contribution in [0.1, 0.15) is 38.8 Å². The fourth-order valence-electron chi connectivity index (χ4n) is 1.29. The number of phenolic OH excluding ortho intramolecular Hbond substituents is 1. The Morgan fingerprint density at radius 3 is 2.11 bits per heavy atom. The van der Waals surface area contributed by atoms with Gasteiger partial charge in [0.05, 0.1) is 0 Å². The Kier molecular flexibility index (Phi) is 12.1. The van der Waals surface area contributed by atoms with Gasteiger partial charge in [-0.25, -0.2) is 0 Å². The van der Waals surface area contributed by atoms with Crippen LogP contribution in [0.4, 0.5) is 0 Å². The normalized spacial score (nSPS) is 9.28. The first-order chi connectivity index (χ1) is 8.70. The van der Waals surface area contributed by atoms with Crippen LogP contribution in [0, 0.1) is 6.92 Å². The quantitative estimate of drug-likeness (QED) is 0.697. The Bertz CT molecular complexity index is 387. The van der Waals surface area contributed by atoms with Gasteiger partial charge in [0.1, 0.15) is 5.75 Å². The summed E-state index contributed by atoms with van der Waals surface area (Å²) in [7, 11) is 0. The molecule has 0 spiro atoms. The van der Waals surface area contributed by atoms with Crippen LogP contribution in [0.2, 0.25) is 0 Å². The van der Waals surface area contributed by atoms with Crippen LogP contribution in [0.5, 0.6) is 5.75 Å². The van der Waals surface area contributed by atoms with Crippen LogP contribution >= 0.6 is 0 Å². The summed E-state index contributed by atoms with van der Waals surface area (Å²) in [4.78, 5) is 0. The van der Waals surface area contributed by atoms with E-state index in [0.717, 1.165) is 16.7 Å². The molecule has 0 aliphatic carbocycles. The molecule has 1 aromatic carbocycles. The summed E-state index contributed by atoms with van der Waals surface area (Å²) in [5, 5.41) is 9.80. The lowest BCUT2D eigenvalue weighted by molar-refractivity contribution is 0.469. The number of phenols is 1. The number of hydrogen-bond donors (Lipinski definition) is 1. The van der Waals surface area contributed by atoms with Crippen molar-refractivity contribution < 1.29 is 5.11 Å². The van der Waals surface area contributed by atoms with E-state index in [-0.39, 0.29) is 0 Å². The Morgan fingerprint density at radius 1 is 1.11 bits per heavy atom. The van der Waals surface area contributed by atoms with Crippen molar-refractivity contribution in [1.82, 2.24) is 0 Å². The zero-order valence-electron chi connectivity index (χ0n) is 12.3. The predicted octanol–water partition coefficient (Wildman–Crippen LogP) is 5.51. The van der Waals surface area contributed by atoms with Crippen molar-refractivity contribution in [3.8, 4) is 5.75 Å². The number of aromatic hydroxyl groups is 1. The molecule has 1 N–H and O–H groups in total. The van der Waals surface area contributed by atoms with Crippen molar-refractivity contribution >= 4 is 5.57 Å². The molecule has 0 saturated carbocycles. The van der Waals surface area contributed by atoms with Gasteiger partial charge in [0.15, 0.2) is 0 Å². The molecular weight excluding hydrogens is 220 g/mol. The second-order valence-corrected chi connectivity index (χ2v) is 3.03. The van der Waals surface area contributed by atoms with Gasteiger partial charge in [0.2, 0.25) is 0 Å². The van der Waals surface area contributed by atoms with Gasteiger partial charge in [0.25, 0.3) is 0 Å². The standard InChI is InChI=1S/C13H14O.2C2H6/c1-4-7-11(5-2)12-9-6-8-10(3)13(12)14;2*1-2/h4-9,14H,1-2H2,3H3;2*1-2H3/b11-7+;;. The molecule has 18 heavy (non-hydrogen) atoms. The van der Waals surface area contributed by atoms with Crippen molar-refractivity contribution in [1.29, 1.82) is 0 Å². The van der Waals surface area contributed by atoms with Crippen LogP contribution in [-0.4, -0.2) is 5.11 Å². The fourth-order valence-corrected chi connectivity index (χ4v) is 1.29. The Hall–Kier alpha value is -1.76. The van der Waals surface area contributed by atoms with Crippen LogP contribution in [0.3, 0.4) is 0 Å². The van der Waals surface area contributed by atoms with Gasteiger partial charge in [-0.2, -0.15) is 0 Å². The number of aryl methyl sites for hydroxylation is 1. The number of hydrogen-bond acceptors (Lipinski definition) is 1. The topological polar surface area (TPSA) is 20.2 Å². The lowest BCUT2D eigenvalue weighted by Crippen LogP contribution is -1.84. The van der Waals surface area contributed by atoms with E-state index in [2.05, 4.69) is 13.2 Å². The average molecular weight is 246 g/mol. The molecule has 100 valence electrons. The molecule has 1 aromatic rings. The zero-order chi connectivity index (χ0) is 14.6. The molecule has 0 aliphatic heterocycles. The minimum absolute atomic E-state index is 0.306. The van der Waals surface area contributed by atoms with E-state index in [1.165, 1.54) is 0 Å². The maximum absolute atomic E-state index is 9.80. The molecule has 0 unspecified atom stereocenters. The zero-order valence-corrected chi connectivity index (χ0v) is 12.3. The van der Waals surface area contributed by atoms with Crippen molar-refractivity contribution in [2.75, 3.05) is 0 Å². The second kappa shape index (κ2) is 11.7. The monoisotopic (exact) mass is 246 g/mol. The maximum atomic E-state index is 9.80. The Balaban J connectivity index is 0. The van der Waals surface area contributed by atoms with Gasteiger partial charge in [-0.05, 0) is 18.1 Å². The molecular formula is C17H26O. The van der Waals surface area contributed by atoms with E-state index in [1.54, 1.807) is 12.2 Å². The molecule has 1 rings (SSSR count). The predicted molar refractivity (Wildman–Crippen MR) is 83.9 cm³/mol. The van der Waals surface area contributed by atoms with Gasteiger partial charge in [-0.3, -0.25) is 0 Å². The van der Waals surface area contributed by atoms with E-state index in [1.807, 2.05) is 58.9 Å². The highest BCUT2D eigenvalue weighted by molar-refractivity contribution is 5.78. The van der Waals surface area contributed by atoms with Gasteiger partial charge >= 0.3 is 0 Å². The summed E-state index contributed by atoms with van der Waals surface area (Å²) in [5.41, 5.74) is 2.53. The van der Waals surface area contributed by atoms with Crippen molar-refractivity contribution in [2.24, 2.45) is 0 Å². The van der Waals surface area contributed by atoms with E-state index in [4.69, 9.17) is 0 Å². The summed E-state index contributed by atoms with van der Waals surface area (Å²) >= 11 is 0. The highest BCUT2D eigenvalue weighted by Crippen LogP contribution is 2.28. The number of rotatable bonds is 3. The lowest BCUT2D eigenvalue weighted by atomic mass is 10.0. The minimum Gasteiger partial charge on any atom is -0.507 e. The molecule has 0 saturated heterocycles. The number of allylic oxidation sites excluding steroid dienone is 4. The first-order valence-electron chi connectivity index (χ1n) is 6.44. The highest BCUT2D eigenvalue weighted by Gasteiger charge is 2.05. The van der Waals surface area contributed by atoms with Gasteiger partial charge < -0.3 is 5.11 Å².